The third-order valence-corrected chi connectivity index (χ3v) is 2.77. The highest BCUT2D eigenvalue weighted by Crippen LogP contribution is 2.02. The number of methoxy groups -OCH3 is 1. The number of thioether (sulfide) groups is 1. The summed E-state index contributed by atoms with van der Waals surface area (Å²) in [5.74, 6) is -0.655. The van der Waals surface area contributed by atoms with Gasteiger partial charge in [0, 0.05) is 11.8 Å². The lowest BCUT2D eigenvalue weighted by molar-refractivity contribution is -0.141. The summed E-state index contributed by atoms with van der Waals surface area (Å²) in [4.78, 5) is 33.4. The van der Waals surface area contributed by atoms with Gasteiger partial charge in [0.2, 0.25) is 5.91 Å². The Morgan fingerprint density at radius 1 is 1.33 bits per heavy atom. The summed E-state index contributed by atoms with van der Waals surface area (Å²) in [6.07, 6.45) is 0. The number of carbonyl (C=O) groups excluding carboxylic acids is 3. The van der Waals surface area contributed by atoms with Gasteiger partial charge in [-0.05, 0) is 13.8 Å². The average Bonchev–Trinajstić information content (AvgIpc) is 2.26. The van der Waals surface area contributed by atoms with E-state index in [2.05, 4.69) is 15.4 Å². The zero-order valence-corrected chi connectivity index (χ0v) is 11.5. The van der Waals surface area contributed by atoms with Crippen LogP contribution in [0.1, 0.15) is 13.8 Å². The first-order chi connectivity index (χ1) is 8.36. The van der Waals surface area contributed by atoms with Gasteiger partial charge >= 0.3 is 12.0 Å². The molecule has 0 saturated carbocycles. The number of nitrogens with two attached hydrogens (primary N) is 1. The minimum absolute atomic E-state index is 0.0433. The second-order valence-corrected chi connectivity index (χ2v) is 4.85. The molecule has 0 aliphatic rings. The molecule has 0 aliphatic carbocycles. The predicted octanol–water partition coefficient (Wildman–Crippen LogP) is -0.546. The van der Waals surface area contributed by atoms with Gasteiger partial charge in [0.05, 0.1) is 12.9 Å². The Bertz CT molecular complexity index is 309. The summed E-state index contributed by atoms with van der Waals surface area (Å²) >= 11 is 1.16. The number of rotatable bonds is 6. The molecule has 1 atom stereocenters. The maximum absolute atomic E-state index is 11.3. The van der Waals surface area contributed by atoms with Crippen molar-refractivity contribution in [3.8, 4) is 0 Å². The minimum atomic E-state index is -0.766. The molecule has 0 fully saturated rings. The number of hydrogen-bond donors (Lipinski definition) is 3. The van der Waals surface area contributed by atoms with Crippen molar-refractivity contribution in [3.63, 3.8) is 0 Å². The van der Waals surface area contributed by atoms with Gasteiger partial charge in [-0.2, -0.15) is 0 Å². The van der Waals surface area contributed by atoms with E-state index >= 15 is 0 Å². The Morgan fingerprint density at radius 3 is 2.44 bits per heavy atom. The molecule has 0 aliphatic heterocycles. The Labute approximate surface area is 110 Å². The fourth-order valence-electron chi connectivity index (χ4n) is 0.959. The van der Waals surface area contributed by atoms with Crippen LogP contribution >= 0.6 is 11.8 Å². The van der Waals surface area contributed by atoms with Gasteiger partial charge in [-0.1, -0.05) is 0 Å². The van der Waals surface area contributed by atoms with Crippen LogP contribution in [0.3, 0.4) is 0 Å². The van der Waals surface area contributed by atoms with Crippen LogP contribution in [0.5, 0.6) is 0 Å². The number of urea groups is 1. The monoisotopic (exact) mass is 277 g/mol. The number of amides is 3. The molecule has 0 radical (unpaired) electrons. The van der Waals surface area contributed by atoms with E-state index in [9.17, 15) is 14.4 Å². The molecule has 7 nitrogen and oxygen atoms in total. The average molecular weight is 277 g/mol. The summed E-state index contributed by atoms with van der Waals surface area (Å²) < 4.78 is 4.44. The molecule has 0 aromatic heterocycles. The molecule has 0 spiro atoms. The minimum Gasteiger partial charge on any atom is -0.468 e. The van der Waals surface area contributed by atoms with Gasteiger partial charge in [0.25, 0.3) is 0 Å². The Kier molecular flexibility index (Phi) is 8.14. The molecule has 4 N–H and O–H groups in total. The third-order valence-electron chi connectivity index (χ3n) is 1.71. The van der Waals surface area contributed by atoms with Gasteiger partial charge in [-0.25, -0.2) is 4.79 Å². The van der Waals surface area contributed by atoms with E-state index in [-0.39, 0.29) is 17.5 Å². The SMILES string of the molecule is COC(=O)C(N)CSCC(=O)NC(=O)NC(C)C. The summed E-state index contributed by atoms with van der Waals surface area (Å²) in [5.41, 5.74) is 5.47. The number of ether oxygens (including phenoxy) is 1. The van der Waals surface area contributed by atoms with E-state index in [1.807, 2.05) is 0 Å². The maximum Gasteiger partial charge on any atom is 0.323 e. The van der Waals surface area contributed by atoms with Crippen LogP contribution in [0.4, 0.5) is 4.79 Å². The fraction of sp³-hybridized carbons (Fsp3) is 0.700. The number of hydrogen-bond acceptors (Lipinski definition) is 6. The fourth-order valence-corrected chi connectivity index (χ4v) is 1.72. The van der Waals surface area contributed by atoms with Crippen LogP contribution in [-0.4, -0.2) is 48.6 Å². The standard InChI is InChI=1S/C10H19N3O4S/c1-6(2)12-10(16)13-8(14)5-18-4-7(11)9(15)17-3/h6-7H,4-5,11H2,1-3H3,(H2,12,13,14,16). The highest BCUT2D eigenvalue weighted by molar-refractivity contribution is 8.00. The molecule has 3 amide bonds. The van der Waals surface area contributed by atoms with Crippen LogP contribution < -0.4 is 16.4 Å². The van der Waals surface area contributed by atoms with Gasteiger partial charge in [-0.3, -0.25) is 14.9 Å². The summed E-state index contributed by atoms with van der Waals surface area (Å²) in [6, 6.07) is -1.34. The molecular weight excluding hydrogens is 258 g/mol. The molecule has 0 heterocycles. The Hall–Kier alpha value is -1.28. The number of nitrogens with one attached hydrogen (secondary N) is 2. The van der Waals surface area contributed by atoms with Crippen molar-refractivity contribution in [2.24, 2.45) is 5.73 Å². The molecule has 104 valence electrons. The first-order valence-electron chi connectivity index (χ1n) is 5.38. The molecule has 0 rings (SSSR count). The van der Waals surface area contributed by atoms with Gasteiger partial charge in [-0.15, -0.1) is 11.8 Å². The highest BCUT2D eigenvalue weighted by Gasteiger charge is 2.15. The molecule has 0 aromatic rings. The number of carbonyl (C=O) groups is 3. The van der Waals surface area contributed by atoms with E-state index in [4.69, 9.17) is 5.73 Å². The Morgan fingerprint density at radius 2 is 1.94 bits per heavy atom. The Balaban J connectivity index is 3.78. The van der Waals surface area contributed by atoms with Crippen LogP contribution in [0.15, 0.2) is 0 Å². The number of esters is 1. The lowest BCUT2D eigenvalue weighted by atomic mass is 10.4. The molecule has 18 heavy (non-hydrogen) atoms. The van der Waals surface area contributed by atoms with Gasteiger partial charge < -0.3 is 15.8 Å². The topological polar surface area (TPSA) is 111 Å². The predicted molar refractivity (Wildman–Crippen MR) is 69.1 cm³/mol. The van der Waals surface area contributed by atoms with Crippen LogP contribution in [0.2, 0.25) is 0 Å². The van der Waals surface area contributed by atoms with E-state index < -0.39 is 23.9 Å². The van der Waals surface area contributed by atoms with Crippen molar-refractivity contribution >= 4 is 29.7 Å². The first kappa shape index (κ1) is 16.7. The summed E-state index contributed by atoms with van der Waals surface area (Å²) in [6.45, 7) is 3.57. The second kappa shape index (κ2) is 8.76. The van der Waals surface area contributed by atoms with Crippen LogP contribution in [-0.2, 0) is 14.3 Å². The first-order valence-corrected chi connectivity index (χ1v) is 6.53. The molecule has 8 heteroatoms. The van der Waals surface area contributed by atoms with Crippen LogP contribution in [0, 0.1) is 0 Å². The van der Waals surface area contributed by atoms with Gasteiger partial charge in [0.1, 0.15) is 6.04 Å². The smallest absolute Gasteiger partial charge is 0.323 e. The quantitative estimate of drug-likeness (QED) is 0.562. The number of imide groups is 1. The van der Waals surface area contributed by atoms with Crippen molar-refractivity contribution in [1.82, 2.24) is 10.6 Å². The van der Waals surface area contributed by atoms with E-state index in [1.54, 1.807) is 13.8 Å². The van der Waals surface area contributed by atoms with Gasteiger partial charge in [0.15, 0.2) is 0 Å². The van der Waals surface area contributed by atoms with Crippen molar-refractivity contribution in [1.29, 1.82) is 0 Å². The molecule has 1 unspecified atom stereocenters. The summed E-state index contributed by atoms with van der Waals surface area (Å²) in [7, 11) is 1.25. The normalized spacial score (nSPS) is 11.8. The van der Waals surface area contributed by atoms with E-state index in [0.717, 1.165) is 11.8 Å². The van der Waals surface area contributed by atoms with Crippen molar-refractivity contribution < 1.29 is 19.1 Å². The van der Waals surface area contributed by atoms with Crippen molar-refractivity contribution in [2.75, 3.05) is 18.6 Å². The zero-order valence-electron chi connectivity index (χ0n) is 10.7. The second-order valence-electron chi connectivity index (χ2n) is 3.82. The lowest BCUT2D eigenvalue weighted by Crippen LogP contribution is -2.43. The van der Waals surface area contributed by atoms with Crippen molar-refractivity contribution in [2.45, 2.75) is 25.9 Å². The largest absolute Gasteiger partial charge is 0.468 e. The molecule has 0 bridgehead atoms. The maximum atomic E-state index is 11.3. The van der Waals surface area contributed by atoms with Crippen molar-refractivity contribution in [3.05, 3.63) is 0 Å². The molecule has 0 saturated heterocycles. The molecular formula is C10H19N3O4S. The van der Waals surface area contributed by atoms with Crippen LogP contribution in [0.25, 0.3) is 0 Å². The highest BCUT2D eigenvalue weighted by atomic mass is 32.2. The lowest BCUT2D eigenvalue weighted by Gasteiger charge is -2.10. The molecule has 0 aromatic carbocycles. The zero-order chi connectivity index (χ0) is 14.1. The van der Waals surface area contributed by atoms with E-state index in [1.165, 1.54) is 7.11 Å². The third kappa shape index (κ3) is 7.91. The summed E-state index contributed by atoms with van der Waals surface area (Å²) in [5, 5.41) is 4.68. The van der Waals surface area contributed by atoms with E-state index in [0.29, 0.717) is 0 Å².